The van der Waals surface area contributed by atoms with E-state index in [9.17, 15) is 12.8 Å². The van der Waals surface area contributed by atoms with Crippen LogP contribution in [0.1, 0.15) is 24.5 Å². The summed E-state index contributed by atoms with van der Waals surface area (Å²) in [6.07, 6.45) is 0.481. The average Bonchev–Trinajstić information content (AvgIpc) is 2.81. The number of aryl methyl sites for hydroxylation is 1. The summed E-state index contributed by atoms with van der Waals surface area (Å²) in [5.74, 6) is -0.593. The van der Waals surface area contributed by atoms with Crippen LogP contribution in [0.2, 0.25) is 0 Å². The van der Waals surface area contributed by atoms with Crippen molar-refractivity contribution >= 4 is 15.7 Å². The van der Waals surface area contributed by atoms with Crippen LogP contribution in [0.3, 0.4) is 0 Å². The second-order valence-corrected chi connectivity index (χ2v) is 7.43. The molecule has 2 atom stereocenters. The van der Waals surface area contributed by atoms with Gasteiger partial charge in [0.05, 0.1) is 22.7 Å². The van der Waals surface area contributed by atoms with Crippen LogP contribution in [0.4, 0.5) is 10.1 Å². The Morgan fingerprint density at radius 2 is 2.05 bits per heavy atom. The van der Waals surface area contributed by atoms with Crippen molar-refractivity contribution in [2.75, 3.05) is 19.4 Å². The summed E-state index contributed by atoms with van der Waals surface area (Å²) in [6.45, 7) is 5.49. The number of halogens is 1. The molecule has 2 N–H and O–H groups in total. The Labute approximate surface area is 124 Å². The largest absolute Gasteiger partial charge is 0.396 e. The molecule has 1 fully saturated rings. The van der Waals surface area contributed by atoms with Gasteiger partial charge < -0.3 is 10.5 Å². The molecule has 118 valence electrons. The SMILES string of the molecule is Cc1cc(F)c(N)c(C)c1S(=O)(=O)N(C)C1CCOC1C. The van der Waals surface area contributed by atoms with E-state index in [4.69, 9.17) is 10.5 Å². The molecule has 1 aliphatic rings. The van der Waals surface area contributed by atoms with Crippen molar-refractivity contribution in [3.63, 3.8) is 0 Å². The highest BCUT2D eigenvalue weighted by atomic mass is 32.2. The lowest BCUT2D eigenvalue weighted by atomic mass is 10.1. The van der Waals surface area contributed by atoms with Gasteiger partial charge >= 0.3 is 0 Å². The predicted molar refractivity (Wildman–Crippen MR) is 79.1 cm³/mol. The molecule has 0 amide bonds. The lowest BCUT2D eigenvalue weighted by Crippen LogP contribution is -2.41. The van der Waals surface area contributed by atoms with Crippen LogP contribution < -0.4 is 5.73 Å². The fourth-order valence-electron chi connectivity index (χ4n) is 2.85. The molecule has 21 heavy (non-hydrogen) atoms. The van der Waals surface area contributed by atoms with Gasteiger partial charge in [-0.25, -0.2) is 12.8 Å². The minimum Gasteiger partial charge on any atom is -0.396 e. The first-order chi connectivity index (χ1) is 9.67. The van der Waals surface area contributed by atoms with Gasteiger partial charge in [0.25, 0.3) is 0 Å². The lowest BCUT2D eigenvalue weighted by Gasteiger charge is -2.27. The Hall–Kier alpha value is -1.18. The molecule has 1 aromatic carbocycles. The molecule has 1 heterocycles. The second kappa shape index (κ2) is 5.55. The van der Waals surface area contributed by atoms with Gasteiger partial charge in [-0.1, -0.05) is 0 Å². The van der Waals surface area contributed by atoms with Crippen LogP contribution in [0, 0.1) is 19.7 Å². The number of likely N-dealkylation sites (N-methyl/N-ethyl adjacent to an activating group) is 1. The monoisotopic (exact) mass is 316 g/mol. The molecule has 0 radical (unpaired) electrons. The molecule has 0 spiro atoms. The standard InChI is InChI=1S/C14H21FN2O3S/c1-8-7-11(15)13(16)9(2)14(8)21(18,19)17(4)12-5-6-20-10(12)3/h7,10,12H,5-6,16H2,1-4H3. The number of anilines is 1. The lowest BCUT2D eigenvalue weighted by molar-refractivity contribution is 0.102. The normalized spacial score (nSPS) is 23.0. The van der Waals surface area contributed by atoms with E-state index in [0.29, 0.717) is 18.6 Å². The highest BCUT2D eigenvalue weighted by molar-refractivity contribution is 7.89. The molecular formula is C14H21FN2O3S. The van der Waals surface area contributed by atoms with E-state index < -0.39 is 15.8 Å². The minimum atomic E-state index is -3.75. The number of benzene rings is 1. The third-order valence-corrected chi connectivity index (χ3v) is 6.32. The first-order valence-electron chi connectivity index (χ1n) is 6.82. The highest BCUT2D eigenvalue weighted by Crippen LogP contribution is 2.32. The molecular weight excluding hydrogens is 295 g/mol. The van der Waals surface area contributed by atoms with Crippen LogP contribution >= 0.6 is 0 Å². The van der Waals surface area contributed by atoms with Crippen molar-refractivity contribution in [1.82, 2.24) is 4.31 Å². The molecule has 0 bridgehead atoms. The van der Waals surface area contributed by atoms with Crippen molar-refractivity contribution in [3.05, 3.63) is 23.0 Å². The van der Waals surface area contributed by atoms with Crippen LogP contribution in [0.25, 0.3) is 0 Å². The van der Waals surface area contributed by atoms with Crippen molar-refractivity contribution in [2.45, 2.75) is 44.2 Å². The predicted octanol–water partition coefficient (Wildman–Crippen LogP) is 1.82. The zero-order valence-corrected chi connectivity index (χ0v) is 13.5. The van der Waals surface area contributed by atoms with Crippen molar-refractivity contribution in [2.24, 2.45) is 0 Å². The molecule has 1 aromatic rings. The van der Waals surface area contributed by atoms with Crippen LogP contribution in [0.5, 0.6) is 0 Å². The molecule has 0 aromatic heterocycles. The number of hydrogen-bond donors (Lipinski definition) is 1. The summed E-state index contributed by atoms with van der Waals surface area (Å²) in [5, 5.41) is 0. The Kier molecular flexibility index (Phi) is 4.28. The van der Waals surface area contributed by atoms with Crippen LogP contribution in [-0.4, -0.2) is 38.5 Å². The van der Waals surface area contributed by atoms with Gasteiger partial charge in [0, 0.05) is 13.7 Å². The average molecular weight is 316 g/mol. The third kappa shape index (κ3) is 2.65. The van der Waals surface area contributed by atoms with E-state index in [2.05, 4.69) is 0 Å². The first-order valence-corrected chi connectivity index (χ1v) is 8.26. The number of ether oxygens (including phenoxy) is 1. The molecule has 0 saturated carbocycles. The van der Waals surface area contributed by atoms with E-state index in [-0.39, 0.29) is 28.3 Å². The summed E-state index contributed by atoms with van der Waals surface area (Å²) >= 11 is 0. The maximum Gasteiger partial charge on any atom is 0.243 e. The molecule has 0 aliphatic carbocycles. The van der Waals surface area contributed by atoms with Gasteiger partial charge in [-0.2, -0.15) is 4.31 Å². The Bertz CT molecular complexity index is 661. The number of nitrogens with zero attached hydrogens (tertiary/aromatic N) is 1. The van der Waals surface area contributed by atoms with Crippen molar-refractivity contribution in [1.29, 1.82) is 0 Å². The maximum absolute atomic E-state index is 13.6. The number of nitrogens with two attached hydrogens (primary N) is 1. The Morgan fingerprint density at radius 1 is 1.43 bits per heavy atom. The van der Waals surface area contributed by atoms with Crippen LogP contribution in [-0.2, 0) is 14.8 Å². The minimum absolute atomic E-state index is 0.0861. The molecule has 7 heteroatoms. The fourth-order valence-corrected chi connectivity index (χ4v) is 4.73. The van der Waals surface area contributed by atoms with E-state index >= 15 is 0 Å². The molecule has 5 nitrogen and oxygen atoms in total. The topological polar surface area (TPSA) is 72.6 Å². The summed E-state index contributed by atoms with van der Waals surface area (Å²) in [6, 6.07) is 0.942. The van der Waals surface area contributed by atoms with Crippen LogP contribution in [0.15, 0.2) is 11.0 Å². The fraction of sp³-hybridized carbons (Fsp3) is 0.571. The van der Waals surface area contributed by atoms with E-state index in [1.54, 1.807) is 6.92 Å². The van der Waals surface area contributed by atoms with Gasteiger partial charge in [-0.3, -0.25) is 0 Å². The van der Waals surface area contributed by atoms with Gasteiger partial charge in [-0.05, 0) is 44.4 Å². The van der Waals surface area contributed by atoms with E-state index in [1.165, 1.54) is 18.3 Å². The molecule has 1 saturated heterocycles. The molecule has 2 rings (SSSR count). The zero-order valence-electron chi connectivity index (χ0n) is 12.7. The summed E-state index contributed by atoms with van der Waals surface area (Å²) in [4.78, 5) is 0.0861. The van der Waals surface area contributed by atoms with E-state index in [0.717, 1.165) is 6.07 Å². The highest BCUT2D eigenvalue weighted by Gasteiger charge is 2.37. The number of hydrogen-bond acceptors (Lipinski definition) is 4. The first kappa shape index (κ1) is 16.2. The molecule has 2 unspecified atom stereocenters. The zero-order chi connectivity index (χ0) is 15.9. The number of nitrogen functional groups attached to an aromatic ring is 1. The summed E-state index contributed by atoms with van der Waals surface area (Å²) in [7, 11) is -2.22. The Balaban J connectivity index is 2.52. The number of sulfonamides is 1. The quantitative estimate of drug-likeness (QED) is 0.863. The van der Waals surface area contributed by atoms with Gasteiger partial charge in [0.1, 0.15) is 5.82 Å². The van der Waals surface area contributed by atoms with Crippen molar-refractivity contribution < 1.29 is 17.5 Å². The van der Waals surface area contributed by atoms with Gasteiger partial charge in [0.15, 0.2) is 0 Å². The summed E-state index contributed by atoms with van der Waals surface area (Å²) in [5.41, 5.74) is 6.14. The van der Waals surface area contributed by atoms with Crippen molar-refractivity contribution in [3.8, 4) is 0 Å². The molecule has 1 aliphatic heterocycles. The summed E-state index contributed by atoms with van der Waals surface area (Å²) < 4.78 is 46.1. The maximum atomic E-state index is 13.6. The second-order valence-electron chi connectivity index (χ2n) is 5.50. The van der Waals surface area contributed by atoms with Gasteiger partial charge in [0.2, 0.25) is 10.0 Å². The third-order valence-electron chi connectivity index (χ3n) is 4.14. The number of rotatable bonds is 3. The van der Waals surface area contributed by atoms with Gasteiger partial charge in [-0.15, -0.1) is 0 Å². The Morgan fingerprint density at radius 3 is 2.57 bits per heavy atom. The smallest absolute Gasteiger partial charge is 0.243 e. The van der Waals surface area contributed by atoms with E-state index in [1.807, 2.05) is 6.92 Å².